The molecule has 0 bridgehead atoms. The Balaban J connectivity index is 2.39. The Kier molecular flexibility index (Phi) is 1.97. The zero-order valence-electron chi connectivity index (χ0n) is 10.1. The van der Waals surface area contributed by atoms with Gasteiger partial charge in [0.1, 0.15) is 0 Å². The molecular formula is C16H10N2O. The van der Waals surface area contributed by atoms with Gasteiger partial charge in [-0.05, 0) is 12.1 Å². The van der Waals surface area contributed by atoms with Crippen molar-refractivity contribution in [1.29, 1.82) is 0 Å². The Morgan fingerprint density at radius 2 is 1.58 bits per heavy atom. The molecule has 0 aliphatic rings. The van der Waals surface area contributed by atoms with E-state index in [4.69, 9.17) is 0 Å². The van der Waals surface area contributed by atoms with E-state index in [1.165, 1.54) is 0 Å². The molecule has 0 unspecified atom stereocenters. The first-order valence-corrected chi connectivity index (χ1v) is 6.13. The molecule has 3 nitrogen and oxygen atoms in total. The molecule has 3 heteroatoms. The topological polar surface area (TPSA) is 45.8 Å². The van der Waals surface area contributed by atoms with Crippen LogP contribution >= 0.6 is 0 Å². The van der Waals surface area contributed by atoms with Crippen molar-refractivity contribution in [2.24, 2.45) is 0 Å². The molecule has 0 fully saturated rings. The van der Waals surface area contributed by atoms with E-state index in [1.54, 1.807) is 6.20 Å². The molecule has 0 radical (unpaired) electrons. The van der Waals surface area contributed by atoms with Crippen LogP contribution in [0.1, 0.15) is 0 Å². The molecule has 0 spiro atoms. The number of para-hydroxylation sites is 2. The molecule has 19 heavy (non-hydrogen) atoms. The lowest BCUT2D eigenvalue weighted by atomic mass is 10.0. The van der Waals surface area contributed by atoms with Gasteiger partial charge in [0.2, 0.25) is 0 Å². The smallest absolute Gasteiger partial charge is 0.257 e. The summed E-state index contributed by atoms with van der Waals surface area (Å²) in [6.07, 6.45) is 1.79. The largest absolute Gasteiger partial charge is 0.321 e. The molecule has 0 aliphatic heterocycles. The lowest BCUT2D eigenvalue weighted by Crippen LogP contribution is -2.07. The van der Waals surface area contributed by atoms with Crippen LogP contribution in [0.2, 0.25) is 0 Å². The number of aromatic nitrogens is 2. The van der Waals surface area contributed by atoms with Crippen molar-refractivity contribution in [2.75, 3.05) is 0 Å². The number of nitrogens with zero attached hydrogens (tertiary/aromatic N) is 1. The minimum atomic E-state index is -0.0627. The number of hydrogen-bond acceptors (Lipinski definition) is 2. The Hall–Kier alpha value is -2.68. The van der Waals surface area contributed by atoms with Crippen LogP contribution in [0, 0.1) is 0 Å². The number of aromatic amines is 1. The van der Waals surface area contributed by atoms with Crippen molar-refractivity contribution >= 4 is 32.6 Å². The third-order valence-electron chi connectivity index (χ3n) is 3.47. The van der Waals surface area contributed by atoms with E-state index in [-0.39, 0.29) is 5.56 Å². The summed E-state index contributed by atoms with van der Waals surface area (Å²) in [7, 11) is 0. The van der Waals surface area contributed by atoms with Crippen LogP contribution in [0.5, 0.6) is 0 Å². The fourth-order valence-corrected chi connectivity index (χ4v) is 2.60. The number of pyridine rings is 2. The van der Waals surface area contributed by atoms with Gasteiger partial charge < -0.3 is 4.98 Å². The van der Waals surface area contributed by atoms with Crippen LogP contribution in [0.4, 0.5) is 0 Å². The number of nitrogens with one attached hydrogen (secondary N) is 1. The van der Waals surface area contributed by atoms with Crippen LogP contribution in [0.25, 0.3) is 32.6 Å². The molecule has 4 rings (SSSR count). The van der Waals surface area contributed by atoms with Gasteiger partial charge in [-0.25, -0.2) is 0 Å². The predicted octanol–water partition coefficient (Wildman–Crippen LogP) is 3.23. The highest BCUT2D eigenvalue weighted by Gasteiger charge is 2.08. The number of H-pyrrole nitrogens is 1. The van der Waals surface area contributed by atoms with Gasteiger partial charge in [0.15, 0.2) is 0 Å². The number of fused-ring (bicyclic) bond motifs is 5. The molecule has 0 atom stereocenters. The summed E-state index contributed by atoms with van der Waals surface area (Å²) in [6, 6.07) is 15.5. The second-order valence-electron chi connectivity index (χ2n) is 4.56. The molecule has 2 aromatic carbocycles. The standard InChI is InChI=1S/C16H10N2O/c19-16-15-11-6-2-3-7-13(11)17-9-12(15)10-5-1-4-8-14(10)18-16/h1-9H,(H,18,19). The van der Waals surface area contributed by atoms with Crippen molar-refractivity contribution in [3.8, 4) is 0 Å². The second kappa shape index (κ2) is 3.65. The van der Waals surface area contributed by atoms with Gasteiger partial charge in [-0.3, -0.25) is 9.78 Å². The Labute approximate surface area is 108 Å². The van der Waals surface area contributed by atoms with E-state index in [2.05, 4.69) is 9.97 Å². The van der Waals surface area contributed by atoms with Crippen LogP contribution in [-0.2, 0) is 0 Å². The van der Waals surface area contributed by atoms with E-state index in [1.807, 2.05) is 48.5 Å². The molecule has 0 saturated carbocycles. The monoisotopic (exact) mass is 246 g/mol. The van der Waals surface area contributed by atoms with E-state index in [0.29, 0.717) is 5.39 Å². The highest BCUT2D eigenvalue weighted by atomic mass is 16.1. The maximum absolute atomic E-state index is 12.3. The summed E-state index contributed by atoms with van der Waals surface area (Å²) >= 11 is 0. The van der Waals surface area contributed by atoms with Crippen LogP contribution in [-0.4, -0.2) is 9.97 Å². The van der Waals surface area contributed by atoms with E-state index in [0.717, 1.165) is 27.2 Å². The van der Waals surface area contributed by atoms with Gasteiger partial charge in [-0.15, -0.1) is 0 Å². The Morgan fingerprint density at radius 1 is 0.842 bits per heavy atom. The third-order valence-corrected chi connectivity index (χ3v) is 3.47. The van der Waals surface area contributed by atoms with Gasteiger partial charge in [0, 0.05) is 27.9 Å². The van der Waals surface area contributed by atoms with E-state index in [9.17, 15) is 4.79 Å². The van der Waals surface area contributed by atoms with Gasteiger partial charge in [-0.1, -0.05) is 36.4 Å². The number of hydrogen-bond donors (Lipinski definition) is 1. The summed E-state index contributed by atoms with van der Waals surface area (Å²) in [5.41, 5.74) is 1.63. The summed E-state index contributed by atoms with van der Waals surface area (Å²) < 4.78 is 0. The average Bonchev–Trinajstić information content (AvgIpc) is 2.46. The quantitative estimate of drug-likeness (QED) is 0.484. The molecule has 0 amide bonds. The molecule has 4 aromatic rings. The minimum absolute atomic E-state index is 0.0627. The summed E-state index contributed by atoms with van der Waals surface area (Å²) in [6.45, 7) is 0. The van der Waals surface area contributed by atoms with E-state index < -0.39 is 0 Å². The maximum Gasteiger partial charge on any atom is 0.257 e. The highest BCUT2D eigenvalue weighted by molar-refractivity contribution is 6.14. The van der Waals surface area contributed by atoms with Gasteiger partial charge >= 0.3 is 0 Å². The lowest BCUT2D eigenvalue weighted by molar-refractivity contribution is 1.34. The van der Waals surface area contributed by atoms with Crippen molar-refractivity contribution in [3.05, 3.63) is 65.1 Å². The van der Waals surface area contributed by atoms with Gasteiger partial charge in [-0.2, -0.15) is 0 Å². The zero-order chi connectivity index (χ0) is 12.8. The number of rotatable bonds is 0. The molecular weight excluding hydrogens is 236 g/mol. The van der Waals surface area contributed by atoms with Crippen molar-refractivity contribution in [3.63, 3.8) is 0 Å². The van der Waals surface area contributed by atoms with Crippen LogP contribution in [0.3, 0.4) is 0 Å². The molecule has 1 N–H and O–H groups in total. The Bertz CT molecular complexity index is 986. The zero-order valence-corrected chi connectivity index (χ0v) is 10.1. The van der Waals surface area contributed by atoms with Crippen LogP contribution in [0.15, 0.2) is 59.5 Å². The fraction of sp³-hybridized carbons (Fsp3) is 0. The Morgan fingerprint density at radius 3 is 2.47 bits per heavy atom. The first kappa shape index (κ1) is 10.3. The SMILES string of the molecule is O=c1[nH]c2ccccc2c2cnc3ccccc3c12. The first-order valence-electron chi connectivity index (χ1n) is 6.13. The molecule has 90 valence electrons. The molecule has 0 saturated heterocycles. The van der Waals surface area contributed by atoms with E-state index >= 15 is 0 Å². The summed E-state index contributed by atoms with van der Waals surface area (Å²) in [4.78, 5) is 19.7. The molecule has 0 aliphatic carbocycles. The van der Waals surface area contributed by atoms with Crippen molar-refractivity contribution in [2.45, 2.75) is 0 Å². The molecule has 2 aromatic heterocycles. The minimum Gasteiger partial charge on any atom is -0.321 e. The number of benzene rings is 2. The average molecular weight is 246 g/mol. The van der Waals surface area contributed by atoms with Crippen molar-refractivity contribution < 1.29 is 0 Å². The van der Waals surface area contributed by atoms with Crippen LogP contribution < -0.4 is 5.56 Å². The molecule has 2 heterocycles. The third kappa shape index (κ3) is 1.38. The lowest BCUT2D eigenvalue weighted by Gasteiger charge is -2.05. The van der Waals surface area contributed by atoms with Gasteiger partial charge in [0.05, 0.1) is 10.9 Å². The first-order chi connectivity index (χ1) is 9.34. The predicted molar refractivity (Wildman–Crippen MR) is 77.4 cm³/mol. The normalized spacial score (nSPS) is 11.4. The van der Waals surface area contributed by atoms with Gasteiger partial charge in [0.25, 0.3) is 5.56 Å². The maximum atomic E-state index is 12.3. The fourth-order valence-electron chi connectivity index (χ4n) is 2.60. The van der Waals surface area contributed by atoms with Crippen molar-refractivity contribution in [1.82, 2.24) is 9.97 Å². The summed E-state index contributed by atoms with van der Waals surface area (Å²) in [5.74, 6) is 0. The second-order valence-corrected chi connectivity index (χ2v) is 4.56. The highest BCUT2D eigenvalue weighted by Crippen LogP contribution is 2.25. The summed E-state index contributed by atoms with van der Waals surface area (Å²) in [5, 5.41) is 3.53.